The van der Waals surface area contributed by atoms with Gasteiger partial charge in [-0.3, -0.25) is 0 Å². The van der Waals surface area contributed by atoms with E-state index in [4.69, 9.17) is 4.74 Å². The average molecular weight is 286 g/mol. The van der Waals surface area contributed by atoms with Crippen LogP contribution in [0.4, 0.5) is 4.79 Å². The number of carbonyl (C=O) groups is 1. The number of alkyl carbamates (subject to hydrolysis) is 1. The predicted octanol–water partition coefficient (Wildman–Crippen LogP) is 3.13. The van der Waals surface area contributed by atoms with Crippen LogP contribution in [-0.4, -0.2) is 19.2 Å². The van der Waals surface area contributed by atoms with Crippen LogP contribution in [0.5, 0.6) is 0 Å². The van der Waals surface area contributed by atoms with Gasteiger partial charge in [-0.2, -0.15) is 0 Å². The molecule has 0 aliphatic rings. The van der Waals surface area contributed by atoms with E-state index >= 15 is 0 Å². The van der Waals surface area contributed by atoms with E-state index in [2.05, 4.69) is 21.2 Å². The van der Waals surface area contributed by atoms with Crippen molar-refractivity contribution < 1.29 is 9.53 Å². The second-order valence-electron chi connectivity index (χ2n) is 3.44. The highest BCUT2D eigenvalue weighted by Gasteiger charge is 2.00. The molecule has 1 N–H and O–H groups in total. The molecule has 0 bridgehead atoms. The summed E-state index contributed by atoms with van der Waals surface area (Å²) in [6, 6.07) is 8.03. The first-order valence-corrected chi connectivity index (χ1v) is 6.16. The lowest BCUT2D eigenvalue weighted by molar-refractivity contribution is 0.146. The Morgan fingerprint density at radius 3 is 3.00 bits per heavy atom. The van der Waals surface area contributed by atoms with Gasteiger partial charge in [0.15, 0.2) is 0 Å². The van der Waals surface area contributed by atoms with Gasteiger partial charge in [0.2, 0.25) is 0 Å². The molecule has 0 heterocycles. The van der Waals surface area contributed by atoms with Crippen LogP contribution in [0.15, 0.2) is 28.7 Å². The summed E-state index contributed by atoms with van der Waals surface area (Å²) in [6.07, 6.45) is 1.32. The van der Waals surface area contributed by atoms with Crippen molar-refractivity contribution in [3.8, 4) is 0 Å². The molecule has 0 saturated carbocycles. The second-order valence-corrected chi connectivity index (χ2v) is 4.36. The summed E-state index contributed by atoms with van der Waals surface area (Å²) in [5.74, 6) is 0. The second kappa shape index (κ2) is 7.28. The number of amides is 1. The molecule has 0 saturated heterocycles. The lowest BCUT2D eigenvalue weighted by Gasteiger charge is -2.06. The van der Waals surface area contributed by atoms with Crippen LogP contribution in [-0.2, 0) is 11.2 Å². The van der Waals surface area contributed by atoms with Gasteiger partial charge < -0.3 is 10.1 Å². The number of benzene rings is 1. The van der Waals surface area contributed by atoms with Crippen molar-refractivity contribution in [3.05, 3.63) is 34.3 Å². The zero-order valence-electron chi connectivity index (χ0n) is 9.33. The lowest BCUT2D eigenvalue weighted by atomic mass is 10.1. The Labute approximate surface area is 104 Å². The van der Waals surface area contributed by atoms with Crippen molar-refractivity contribution in [2.24, 2.45) is 0 Å². The molecule has 0 fully saturated rings. The molecule has 1 rings (SSSR count). The summed E-state index contributed by atoms with van der Waals surface area (Å²) < 4.78 is 5.95. The van der Waals surface area contributed by atoms with E-state index in [1.54, 1.807) is 0 Å². The standard InChI is InChI=1S/C12H16BrNO2/c1-2-8-16-12(15)14-7-6-10-4-3-5-11(13)9-10/h3-5,9H,2,6-8H2,1H3,(H,14,15). The summed E-state index contributed by atoms with van der Waals surface area (Å²) in [4.78, 5) is 11.1. The Hall–Kier alpha value is -1.03. The van der Waals surface area contributed by atoms with Crippen molar-refractivity contribution in [1.29, 1.82) is 0 Å². The maximum absolute atomic E-state index is 11.1. The maximum atomic E-state index is 11.1. The Morgan fingerprint density at radius 2 is 2.31 bits per heavy atom. The van der Waals surface area contributed by atoms with Gasteiger partial charge in [0.25, 0.3) is 0 Å². The molecule has 16 heavy (non-hydrogen) atoms. The van der Waals surface area contributed by atoms with Gasteiger partial charge in [-0.05, 0) is 30.5 Å². The average Bonchev–Trinajstić information content (AvgIpc) is 2.26. The number of ether oxygens (including phenoxy) is 1. The number of halogens is 1. The quantitative estimate of drug-likeness (QED) is 0.903. The summed E-state index contributed by atoms with van der Waals surface area (Å²) >= 11 is 3.41. The summed E-state index contributed by atoms with van der Waals surface area (Å²) in [6.45, 7) is 3.04. The van der Waals surface area contributed by atoms with Gasteiger partial charge in [0, 0.05) is 11.0 Å². The molecular weight excluding hydrogens is 270 g/mol. The monoisotopic (exact) mass is 285 g/mol. The topological polar surface area (TPSA) is 38.3 Å². The van der Waals surface area contributed by atoms with E-state index in [1.807, 2.05) is 31.2 Å². The van der Waals surface area contributed by atoms with Crippen molar-refractivity contribution in [2.75, 3.05) is 13.2 Å². The Bertz CT molecular complexity index is 342. The minimum absolute atomic E-state index is 0.336. The molecule has 1 amide bonds. The smallest absolute Gasteiger partial charge is 0.407 e. The highest BCUT2D eigenvalue weighted by molar-refractivity contribution is 9.10. The van der Waals surface area contributed by atoms with Crippen LogP contribution in [0.3, 0.4) is 0 Å². The molecule has 0 aromatic heterocycles. The fourth-order valence-corrected chi connectivity index (χ4v) is 1.69. The van der Waals surface area contributed by atoms with Gasteiger partial charge in [-0.15, -0.1) is 0 Å². The molecule has 3 nitrogen and oxygen atoms in total. The third kappa shape index (κ3) is 5.16. The van der Waals surface area contributed by atoms with E-state index < -0.39 is 0 Å². The lowest BCUT2D eigenvalue weighted by Crippen LogP contribution is -2.26. The van der Waals surface area contributed by atoms with E-state index in [-0.39, 0.29) is 6.09 Å². The number of nitrogens with one attached hydrogen (secondary N) is 1. The molecule has 88 valence electrons. The minimum Gasteiger partial charge on any atom is -0.450 e. The molecule has 0 radical (unpaired) electrons. The van der Waals surface area contributed by atoms with Crippen molar-refractivity contribution in [2.45, 2.75) is 19.8 Å². The van der Waals surface area contributed by atoms with Gasteiger partial charge in [0.1, 0.15) is 0 Å². The molecule has 0 aliphatic heterocycles. The first kappa shape index (κ1) is 13.0. The molecule has 0 aliphatic carbocycles. The molecule has 0 spiro atoms. The highest BCUT2D eigenvalue weighted by atomic mass is 79.9. The normalized spacial score (nSPS) is 9.88. The van der Waals surface area contributed by atoms with Crippen LogP contribution in [0.1, 0.15) is 18.9 Å². The molecule has 1 aromatic carbocycles. The number of rotatable bonds is 5. The van der Waals surface area contributed by atoms with Crippen LogP contribution < -0.4 is 5.32 Å². The molecule has 0 unspecified atom stereocenters. The van der Waals surface area contributed by atoms with Gasteiger partial charge in [-0.25, -0.2) is 4.79 Å². The Kier molecular flexibility index (Phi) is 5.93. The van der Waals surface area contributed by atoms with E-state index in [0.29, 0.717) is 13.2 Å². The van der Waals surface area contributed by atoms with Gasteiger partial charge >= 0.3 is 6.09 Å². The number of hydrogen-bond donors (Lipinski definition) is 1. The summed E-state index contributed by atoms with van der Waals surface area (Å²) in [7, 11) is 0. The molecule has 0 atom stereocenters. The van der Waals surface area contributed by atoms with Crippen LogP contribution >= 0.6 is 15.9 Å². The fraction of sp³-hybridized carbons (Fsp3) is 0.417. The highest BCUT2D eigenvalue weighted by Crippen LogP contribution is 2.11. The molecular formula is C12H16BrNO2. The Morgan fingerprint density at radius 1 is 1.50 bits per heavy atom. The van der Waals surface area contributed by atoms with Gasteiger partial charge in [-0.1, -0.05) is 35.0 Å². The first-order chi connectivity index (χ1) is 7.72. The summed E-state index contributed by atoms with van der Waals surface area (Å²) in [5, 5.41) is 2.71. The molecule has 1 aromatic rings. The van der Waals surface area contributed by atoms with E-state index in [1.165, 1.54) is 5.56 Å². The maximum Gasteiger partial charge on any atom is 0.407 e. The van der Waals surface area contributed by atoms with Crippen molar-refractivity contribution in [3.63, 3.8) is 0 Å². The Balaban J connectivity index is 2.22. The predicted molar refractivity (Wildman–Crippen MR) is 67.5 cm³/mol. The van der Waals surface area contributed by atoms with Gasteiger partial charge in [0.05, 0.1) is 6.61 Å². The zero-order valence-corrected chi connectivity index (χ0v) is 10.9. The number of hydrogen-bond acceptors (Lipinski definition) is 2. The minimum atomic E-state index is -0.336. The third-order valence-electron chi connectivity index (χ3n) is 2.01. The largest absolute Gasteiger partial charge is 0.450 e. The fourth-order valence-electron chi connectivity index (χ4n) is 1.25. The third-order valence-corrected chi connectivity index (χ3v) is 2.50. The van der Waals surface area contributed by atoms with Crippen LogP contribution in [0.25, 0.3) is 0 Å². The molecule has 4 heteroatoms. The summed E-state index contributed by atoms with van der Waals surface area (Å²) in [5.41, 5.74) is 1.19. The van der Waals surface area contributed by atoms with E-state index in [0.717, 1.165) is 17.3 Å². The zero-order chi connectivity index (χ0) is 11.8. The first-order valence-electron chi connectivity index (χ1n) is 5.37. The van der Waals surface area contributed by atoms with Crippen molar-refractivity contribution >= 4 is 22.0 Å². The SMILES string of the molecule is CCCOC(=O)NCCc1cccc(Br)c1. The van der Waals surface area contributed by atoms with Crippen molar-refractivity contribution in [1.82, 2.24) is 5.32 Å². The number of carbonyl (C=O) groups excluding carboxylic acids is 1. The van der Waals surface area contributed by atoms with E-state index in [9.17, 15) is 4.79 Å². The van der Waals surface area contributed by atoms with Crippen LogP contribution in [0.2, 0.25) is 0 Å². The van der Waals surface area contributed by atoms with Crippen LogP contribution in [0, 0.1) is 0 Å².